The Morgan fingerprint density at radius 3 is 2.57 bits per heavy atom. The molecule has 4 heteroatoms. The van der Waals surface area contributed by atoms with Crippen molar-refractivity contribution in [3.8, 4) is 0 Å². The minimum atomic E-state index is -1.29. The van der Waals surface area contributed by atoms with Crippen molar-refractivity contribution >= 4 is 11.5 Å². The summed E-state index contributed by atoms with van der Waals surface area (Å²) in [7, 11) is 0. The second-order valence-electron chi connectivity index (χ2n) is 2.88. The topological polar surface area (TPSA) is 69.6 Å². The number of anilines is 1. The summed E-state index contributed by atoms with van der Waals surface area (Å²) < 4.78 is 0. The van der Waals surface area contributed by atoms with Crippen LogP contribution in [-0.4, -0.2) is 35.3 Å². The van der Waals surface area contributed by atoms with Gasteiger partial charge in [-0.05, 0) is 12.1 Å². The molecule has 14 heavy (non-hydrogen) atoms. The van der Waals surface area contributed by atoms with Gasteiger partial charge >= 0.3 is 0 Å². The van der Waals surface area contributed by atoms with Gasteiger partial charge in [0, 0.05) is 5.69 Å². The molecule has 4 nitrogen and oxygen atoms in total. The van der Waals surface area contributed by atoms with E-state index in [1.165, 1.54) is 0 Å². The Hall–Kier alpha value is -1.39. The van der Waals surface area contributed by atoms with Crippen LogP contribution in [0, 0.1) is 0 Å². The number of para-hydroxylation sites is 1. The van der Waals surface area contributed by atoms with Crippen LogP contribution in [0.1, 0.15) is 0 Å². The molecule has 0 spiro atoms. The fraction of sp³-hybridized carbons (Fsp3) is 0.300. The van der Waals surface area contributed by atoms with Crippen LogP contribution in [-0.2, 0) is 4.79 Å². The van der Waals surface area contributed by atoms with E-state index in [0.717, 1.165) is 5.69 Å². The first-order valence-electron chi connectivity index (χ1n) is 4.34. The standard InChI is InChI=1S/C10H13NO3/c12-7-10(14)9(13)6-11-8-4-2-1-3-5-8/h1-5,10-12,14H,6-7H2. The summed E-state index contributed by atoms with van der Waals surface area (Å²) in [6.45, 7) is -0.513. The quantitative estimate of drug-likeness (QED) is 0.619. The van der Waals surface area contributed by atoms with E-state index in [9.17, 15) is 4.79 Å². The predicted molar refractivity (Wildman–Crippen MR) is 53.0 cm³/mol. The van der Waals surface area contributed by atoms with Gasteiger partial charge < -0.3 is 15.5 Å². The minimum Gasteiger partial charge on any atom is -0.393 e. The average Bonchev–Trinajstić information content (AvgIpc) is 2.26. The van der Waals surface area contributed by atoms with Crippen molar-refractivity contribution in [2.75, 3.05) is 18.5 Å². The normalized spacial score (nSPS) is 12.1. The molecule has 0 heterocycles. The molecule has 1 rings (SSSR count). The van der Waals surface area contributed by atoms with E-state index in [4.69, 9.17) is 10.2 Å². The number of aliphatic hydroxyl groups excluding tert-OH is 2. The predicted octanol–water partition coefficient (Wildman–Crippen LogP) is 0.0208. The summed E-state index contributed by atoms with van der Waals surface area (Å²) >= 11 is 0. The first-order valence-corrected chi connectivity index (χ1v) is 4.34. The van der Waals surface area contributed by atoms with Crippen LogP contribution in [0.25, 0.3) is 0 Å². The largest absolute Gasteiger partial charge is 0.393 e. The number of Topliss-reactive ketones (excluding diaryl/α,β-unsaturated/α-hetero) is 1. The Labute approximate surface area is 82.2 Å². The Bertz CT molecular complexity index is 287. The molecule has 0 amide bonds. The lowest BCUT2D eigenvalue weighted by atomic mass is 10.2. The molecule has 0 bridgehead atoms. The van der Waals surface area contributed by atoms with Crippen molar-refractivity contribution in [1.82, 2.24) is 0 Å². The summed E-state index contributed by atoms with van der Waals surface area (Å²) in [5.74, 6) is -0.420. The number of hydrogen-bond acceptors (Lipinski definition) is 4. The molecule has 1 aromatic carbocycles. The highest BCUT2D eigenvalue weighted by atomic mass is 16.3. The number of carbonyl (C=O) groups is 1. The maximum absolute atomic E-state index is 11.1. The van der Waals surface area contributed by atoms with E-state index in [1.807, 2.05) is 30.3 Å². The van der Waals surface area contributed by atoms with Crippen LogP contribution in [0.3, 0.4) is 0 Å². The van der Waals surface area contributed by atoms with Crippen molar-refractivity contribution in [2.24, 2.45) is 0 Å². The van der Waals surface area contributed by atoms with Crippen LogP contribution in [0.15, 0.2) is 30.3 Å². The Kier molecular flexibility index (Phi) is 4.10. The van der Waals surface area contributed by atoms with Gasteiger partial charge in [0.15, 0.2) is 5.78 Å². The third-order valence-corrected chi connectivity index (χ3v) is 1.79. The lowest BCUT2D eigenvalue weighted by Crippen LogP contribution is -2.30. The lowest BCUT2D eigenvalue weighted by molar-refractivity contribution is -0.127. The molecule has 0 fully saturated rings. The Morgan fingerprint density at radius 2 is 2.00 bits per heavy atom. The highest BCUT2D eigenvalue weighted by Crippen LogP contribution is 2.04. The summed E-state index contributed by atoms with van der Waals surface area (Å²) in [6, 6.07) is 9.19. The molecule has 1 atom stereocenters. The molecular formula is C10H13NO3. The molecule has 0 aromatic heterocycles. The SMILES string of the molecule is O=C(CNc1ccccc1)C(O)CO. The van der Waals surface area contributed by atoms with Gasteiger partial charge in [-0.15, -0.1) is 0 Å². The van der Waals surface area contributed by atoms with Crippen molar-refractivity contribution in [3.05, 3.63) is 30.3 Å². The number of nitrogens with one attached hydrogen (secondary N) is 1. The third kappa shape index (κ3) is 3.16. The van der Waals surface area contributed by atoms with E-state index >= 15 is 0 Å². The number of carbonyl (C=O) groups excluding carboxylic acids is 1. The number of ketones is 1. The summed E-state index contributed by atoms with van der Waals surface area (Å²) in [4.78, 5) is 11.1. The van der Waals surface area contributed by atoms with Gasteiger partial charge in [-0.1, -0.05) is 18.2 Å². The molecule has 0 aliphatic carbocycles. The monoisotopic (exact) mass is 195 g/mol. The molecule has 76 valence electrons. The van der Waals surface area contributed by atoms with E-state index in [-0.39, 0.29) is 6.54 Å². The van der Waals surface area contributed by atoms with Crippen molar-refractivity contribution < 1.29 is 15.0 Å². The zero-order valence-electron chi connectivity index (χ0n) is 7.68. The highest BCUT2D eigenvalue weighted by Gasteiger charge is 2.12. The van der Waals surface area contributed by atoms with Gasteiger partial charge in [0.05, 0.1) is 13.2 Å². The minimum absolute atomic E-state index is 0.0196. The Morgan fingerprint density at radius 1 is 1.36 bits per heavy atom. The molecule has 3 N–H and O–H groups in total. The van der Waals surface area contributed by atoms with Gasteiger partial charge in [-0.2, -0.15) is 0 Å². The van der Waals surface area contributed by atoms with Crippen LogP contribution in [0.5, 0.6) is 0 Å². The molecule has 1 aromatic rings. The first kappa shape index (κ1) is 10.7. The van der Waals surface area contributed by atoms with Gasteiger partial charge in [0.2, 0.25) is 0 Å². The second-order valence-corrected chi connectivity index (χ2v) is 2.88. The second kappa shape index (κ2) is 5.36. The molecule has 1 unspecified atom stereocenters. The molecular weight excluding hydrogens is 182 g/mol. The van der Waals surface area contributed by atoms with Gasteiger partial charge in [0.25, 0.3) is 0 Å². The van der Waals surface area contributed by atoms with Crippen LogP contribution in [0.4, 0.5) is 5.69 Å². The first-order chi connectivity index (χ1) is 6.74. The number of hydrogen-bond donors (Lipinski definition) is 3. The van der Waals surface area contributed by atoms with Gasteiger partial charge in [-0.3, -0.25) is 4.79 Å². The van der Waals surface area contributed by atoms with E-state index in [0.29, 0.717) is 0 Å². The van der Waals surface area contributed by atoms with Crippen molar-refractivity contribution in [1.29, 1.82) is 0 Å². The maximum Gasteiger partial charge on any atom is 0.182 e. The smallest absolute Gasteiger partial charge is 0.182 e. The molecule has 0 aliphatic heterocycles. The summed E-state index contributed by atoms with van der Waals surface area (Å²) in [5.41, 5.74) is 0.811. The van der Waals surface area contributed by atoms with Crippen LogP contribution in [0.2, 0.25) is 0 Å². The average molecular weight is 195 g/mol. The zero-order valence-corrected chi connectivity index (χ0v) is 7.68. The molecule has 0 radical (unpaired) electrons. The molecule has 0 aliphatic rings. The van der Waals surface area contributed by atoms with Crippen molar-refractivity contribution in [2.45, 2.75) is 6.10 Å². The van der Waals surface area contributed by atoms with Crippen LogP contribution < -0.4 is 5.32 Å². The third-order valence-electron chi connectivity index (χ3n) is 1.79. The van der Waals surface area contributed by atoms with Crippen molar-refractivity contribution in [3.63, 3.8) is 0 Å². The fourth-order valence-electron chi connectivity index (χ4n) is 0.965. The van der Waals surface area contributed by atoms with E-state index in [2.05, 4.69) is 5.32 Å². The fourth-order valence-corrected chi connectivity index (χ4v) is 0.965. The zero-order chi connectivity index (χ0) is 10.4. The van der Waals surface area contributed by atoms with Crippen LogP contribution >= 0.6 is 0 Å². The summed E-state index contributed by atoms with van der Waals surface area (Å²) in [6.07, 6.45) is -1.29. The molecule has 0 saturated heterocycles. The highest BCUT2D eigenvalue weighted by molar-refractivity contribution is 5.86. The summed E-state index contributed by atoms with van der Waals surface area (Å²) in [5, 5.41) is 20.3. The number of rotatable bonds is 5. The van der Waals surface area contributed by atoms with Gasteiger partial charge in [-0.25, -0.2) is 0 Å². The molecule has 0 saturated carbocycles. The van der Waals surface area contributed by atoms with Gasteiger partial charge in [0.1, 0.15) is 6.10 Å². The number of aliphatic hydroxyl groups is 2. The lowest BCUT2D eigenvalue weighted by Gasteiger charge is -2.08. The van der Waals surface area contributed by atoms with E-state index < -0.39 is 18.5 Å². The maximum atomic E-state index is 11.1. The van der Waals surface area contributed by atoms with E-state index in [1.54, 1.807) is 0 Å². The number of benzene rings is 1. The Balaban J connectivity index is 2.38.